The van der Waals surface area contributed by atoms with Gasteiger partial charge in [-0.15, -0.1) is 0 Å². The standard InChI is InChI=1S/C16H20FN3O/c1-3-6-18-10-15-16(5-4-12(2)20-15)21-11-13-7-14(17)9-19-8-13/h4-5,7-9,18H,3,6,10-11H2,1-2H3. The zero-order valence-electron chi connectivity index (χ0n) is 12.4. The van der Waals surface area contributed by atoms with Crippen LogP contribution >= 0.6 is 0 Å². The van der Waals surface area contributed by atoms with E-state index >= 15 is 0 Å². The first-order chi connectivity index (χ1) is 10.2. The van der Waals surface area contributed by atoms with Crippen LogP contribution in [0.4, 0.5) is 4.39 Å². The van der Waals surface area contributed by atoms with Crippen LogP contribution in [0, 0.1) is 12.7 Å². The van der Waals surface area contributed by atoms with Crippen LogP contribution in [0.15, 0.2) is 30.6 Å². The van der Waals surface area contributed by atoms with Gasteiger partial charge < -0.3 is 10.1 Å². The van der Waals surface area contributed by atoms with Gasteiger partial charge in [0, 0.05) is 24.0 Å². The van der Waals surface area contributed by atoms with E-state index in [0.717, 1.165) is 24.4 Å². The van der Waals surface area contributed by atoms with Gasteiger partial charge in [0.15, 0.2) is 0 Å². The Bertz CT molecular complexity index is 589. The molecule has 0 saturated heterocycles. The van der Waals surface area contributed by atoms with Crippen molar-refractivity contribution in [1.82, 2.24) is 15.3 Å². The van der Waals surface area contributed by atoms with E-state index in [0.29, 0.717) is 17.9 Å². The number of ether oxygens (including phenoxy) is 1. The van der Waals surface area contributed by atoms with Crippen molar-refractivity contribution < 1.29 is 9.13 Å². The summed E-state index contributed by atoms with van der Waals surface area (Å²) in [5, 5.41) is 3.31. The lowest BCUT2D eigenvalue weighted by Crippen LogP contribution is -2.16. The fraction of sp³-hybridized carbons (Fsp3) is 0.375. The second kappa shape index (κ2) is 7.69. The molecule has 2 rings (SSSR count). The number of hydrogen-bond acceptors (Lipinski definition) is 4. The zero-order valence-corrected chi connectivity index (χ0v) is 12.4. The molecule has 5 heteroatoms. The van der Waals surface area contributed by atoms with Crippen LogP contribution in [0.3, 0.4) is 0 Å². The Labute approximate surface area is 124 Å². The molecule has 0 bridgehead atoms. The summed E-state index contributed by atoms with van der Waals surface area (Å²) in [6, 6.07) is 5.23. The molecule has 0 aliphatic carbocycles. The molecule has 0 unspecified atom stereocenters. The molecule has 2 heterocycles. The lowest BCUT2D eigenvalue weighted by Gasteiger charge is -2.12. The lowest BCUT2D eigenvalue weighted by atomic mass is 10.2. The molecule has 2 aromatic rings. The third kappa shape index (κ3) is 4.79. The predicted molar refractivity (Wildman–Crippen MR) is 79.5 cm³/mol. The summed E-state index contributed by atoms with van der Waals surface area (Å²) in [5.41, 5.74) is 2.51. The van der Waals surface area contributed by atoms with E-state index in [4.69, 9.17) is 4.74 Å². The third-order valence-corrected chi connectivity index (χ3v) is 2.95. The molecule has 112 valence electrons. The van der Waals surface area contributed by atoms with E-state index in [1.54, 1.807) is 6.20 Å². The van der Waals surface area contributed by atoms with Crippen molar-refractivity contribution in [3.8, 4) is 5.75 Å². The van der Waals surface area contributed by atoms with Crippen molar-refractivity contribution in [1.29, 1.82) is 0 Å². The van der Waals surface area contributed by atoms with Crippen LogP contribution in [0.2, 0.25) is 0 Å². The minimum absolute atomic E-state index is 0.274. The highest BCUT2D eigenvalue weighted by molar-refractivity contribution is 5.29. The molecule has 0 atom stereocenters. The van der Waals surface area contributed by atoms with Crippen molar-refractivity contribution in [2.24, 2.45) is 0 Å². The van der Waals surface area contributed by atoms with E-state index in [-0.39, 0.29) is 12.4 Å². The van der Waals surface area contributed by atoms with Crippen molar-refractivity contribution in [2.75, 3.05) is 6.54 Å². The smallest absolute Gasteiger partial charge is 0.142 e. The molecule has 21 heavy (non-hydrogen) atoms. The third-order valence-electron chi connectivity index (χ3n) is 2.95. The van der Waals surface area contributed by atoms with Crippen LogP contribution in [0.25, 0.3) is 0 Å². The molecule has 0 aliphatic rings. The first kappa shape index (κ1) is 15.4. The van der Waals surface area contributed by atoms with Crippen molar-refractivity contribution >= 4 is 0 Å². The fourth-order valence-electron chi connectivity index (χ4n) is 1.94. The average Bonchev–Trinajstić information content (AvgIpc) is 2.47. The first-order valence-electron chi connectivity index (χ1n) is 7.08. The van der Waals surface area contributed by atoms with Gasteiger partial charge in [0.25, 0.3) is 0 Å². The van der Waals surface area contributed by atoms with Crippen LogP contribution in [0.5, 0.6) is 5.75 Å². The summed E-state index contributed by atoms with van der Waals surface area (Å²) >= 11 is 0. The molecule has 0 aliphatic heterocycles. The van der Waals surface area contributed by atoms with E-state index in [9.17, 15) is 4.39 Å². The summed E-state index contributed by atoms with van der Waals surface area (Å²) in [6.45, 7) is 5.93. The minimum Gasteiger partial charge on any atom is -0.487 e. The Hall–Kier alpha value is -2.01. The highest BCUT2D eigenvalue weighted by Crippen LogP contribution is 2.18. The number of hydrogen-bond donors (Lipinski definition) is 1. The SMILES string of the molecule is CCCNCc1nc(C)ccc1OCc1cncc(F)c1. The van der Waals surface area contributed by atoms with E-state index in [1.165, 1.54) is 12.3 Å². The van der Waals surface area contributed by atoms with E-state index < -0.39 is 0 Å². The monoisotopic (exact) mass is 289 g/mol. The summed E-state index contributed by atoms with van der Waals surface area (Å²) < 4.78 is 18.8. The first-order valence-corrected chi connectivity index (χ1v) is 7.08. The quantitative estimate of drug-likeness (QED) is 0.796. The maximum atomic E-state index is 13.1. The minimum atomic E-state index is -0.358. The number of pyridine rings is 2. The maximum Gasteiger partial charge on any atom is 0.142 e. The number of aryl methyl sites for hydroxylation is 1. The molecule has 0 saturated carbocycles. The van der Waals surface area contributed by atoms with Gasteiger partial charge in [-0.1, -0.05) is 6.92 Å². The Kier molecular flexibility index (Phi) is 5.63. The maximum absolute atomic E-state index is 13.1. The molecule has 4 nitrogen and oxygen atoms in total. The van der Waals surface area contributed by atoms with Gasteiger partial charge in [-0.05, 0) is 38.1 Å². The average molecular weight is 289 g/mol. The summed E-state index contributed by atoms with van der Waals surface area (Å²) in [6.07, 6.45) is 3.84. The number of halogens is 1. The summed E-state index contributed by atoms with van der Waals surface area (Å²) in [7, 11) is 0. The molecule has 0 fully saturated rings. The lowest BCUT2D eigenvalue weighted by molar-refractivity contribution is 0.299. The van der Waals surface area contributed by atoms with E-state index in [2.05, 4.69) is 22.2 Å². The van der Waals surface area contributed by atoms with Gasteiger partial charge in [0.2, 0.25) is 0 Å². The molecule has 0 spiro atoms. The Morgan fingerprint density at radius 1 is 1.29 bits per heavy atom. The van der Waals surface area contributed by atoms with Gasteiger partial charge >= 0.3 is 0 Å². The second-order valence-electron chi connectivity index (χ2n) is 4.87. The van der Waals surface area contributed by atoms with Crippen molar-refractivity contribution in [3.05, 3.63) is 53.4 Å². The predicted octanol–water partition coefficient (Wildman–Crippen LogP) is 3.00. The van der Waals surface area contributed by atoms with Gasteiger partial charge in [-0.3, -0.25) is 9.97 Å². The van der Waals surface area contributed by atoms with Crippen LogP contribution < -0.4 is 10.1 Å². The van der Waals surface area contributed by atoms with Gasteiger partial charge in [0.1, 0.15) is 18.2 Å². The van der Waals surface area contributed by atoms with Gasteiger partial charge in [0.05, 0.1) is 11.9 Å². The molecular weight excluding hydrogens is 269 g/mol. The van der Waals surface area contributed by atoms with E-state index in [1.807, 2.05) is 19.1 Å². The Morgan fingerprint density at radius 2 is 2.14 bits per heavy atom. The summed E-state index contributed by atoms with van der Waals surface area (Å²) in [4.78, 5) is 8.31. The zero-order chi connectivity index (χ0) is 15.1. The normalized spacial score (nSPS) is 10.6. The topological polar surface area (TPSA) is 47.0 Å². The second-order valence-corrected chi connectivity index (χ2v) is 4.87. The van der Waals surface area contributed by atoms with Crippen LogP contribution in [-0.4, -0.2) is 16.5 Å². The largest absolute Gasteiger partial charge is 0.487 e. The number of aromatic nitrogens is 2. The summed E-state index contributed by atoms with van der Waals surface area (Å²) in [5.74, 6) is 0.358. The molecule has 0 radical (unpaired) electrons. The van der Waals surface area contributed by atoms with Crippen molar-refractivity contribution in [3.63, 3.8) is 0 Å². The highest BCUT2D eigenvalue weighted by Gasteiger charge is 2.06. The Morgan fingerprint density at radius 3 is 2.90 bits per heavy atom. The number of rotatable bonds is 7. The molecule has 0 amide bonds. The van der Waals surface area contributed by atoms with Crippen molar-refractivity contribution in [2.45, 2.75) is 33.4 Å². The van der Waals surface area contributed by atoms with Crippen LogP contribution in [-0.2, 0) is 13.2 Å². The van der Waals surface area contributed by atoms with Gasteiger partial charge in [-0.2, -0.15) is 0 Å². The Balaban J connectivity index is 2.04. The molecular formula is C16H20FN3O. The molecule has 2 aromatic heterocycles. The molecule has 0 aromatic carbocycles. The van der Waals surface area contributed by atoms with Gasteiger partial charge in [-0.25, -0.2) is 4.39 Å². The number of nitrogens with one attached hydrogen (secondary N) is 1. The molecule has 1 N–H and O–H groups in total. The fourth-order valence-corrected chi connectivity index (χ4v) is 1.94. The number of nitrogens with zero attached hydrogens (tertiary/aromatic N) is 2. The van der Waals surface area contributed by atoms with Crippen LogP contribution in [0.1, 0.15) is 30.3 Å². The highest BCUT2D eigenvalue weighted by atomic mass is 19.1.